The quantitative estimate of drug-likeness (QED) is 0.114. The van der Waals surface area contributed by atoms with Crippen LogP contribution in [0.3, 0.4) is 0 Å². The van der Waals surface area contributed by atoms with Gasteiger partial charge in [-0.3, -0.25) is 14.4 Å². The van der Waals surface area contributed by atoms with Crippen molar-refractivity contribution in [2.24, 2.45) is 0 Å². The molecule has 3 heterocycles. The summed E-state index contributed by atoms with van der Waals surface area (Å²) in [5, 5.41) is 6.83. The Hall–Kier alpha value is -11.2. The summed E-state index contributed by atoms with van der Waals surface area (Å²) in [4.78, 5) is 46.8. The van der Waals surface area contributed by atoms with Crippen molar-refractivity contribution in [3.05, 3.63) is 325 Å². The van der Waals surface area contributed by atoms with Gasteiger partial charge >= 0.3 is 0 Å². The number of ketones is 3. The number of fused-ring (bicyclic) bond motifs is 9. The minimum Gasteiger partial charge on any atom is -0.310 e. The second-order valence-electron chi connectivity index (χ2n) is 20.7. The molecule has 0 atom stereocenters. The fourth-order valence-electron chi connectivity index (χ4n) is 12.3. The summed E-state index contributed by atoms with van der Waals surface area (Å²) in [7, 11) is 0. The number of carbonyl (C=O) groups excluding carboxylic acids is 3. The van der Waals surface area contributed by atoms with Gasteiger partial charge in [0, 0.05) is 99.8 Å². The van der Waals surface area contributed by atoms with E-state index < -0.39 is 0 Å². The largest absolute Gasteiger partial charge is 0.310 e. The molecule has 12 aromatic carbocycles. The third-order valence-corrected chi connectivity index (χ3v) is 15.9. The molecule has 0 aliphatic heterocycles. The smallest absolute Gasteiger partial charge is 0.193 e. The Morgan fingerprint density at radius 1 is 0.220 bits per heavy atom. The van der Waals surface area contributed by atoms with Gasteiger partial charge < -0.3 is 18.6 Å². The van der Waals surface area contributed by atoms with Crippen LogP contribution in [0.1, 0.15) is 47.8 Å². The molecule has 0 unspecified atom stereocenters. The maximum absolute atomic E-state index is 14.9. The van der Waals surface area contributed by atoms with Gasteiger partial charge in [0.1, 0.15) is 0 Å². The van der Waals surface area contributed by atoms with Gasteiger partial charge in [-0.25, -0.2) is 0 Å². The van der Waals surface area contributed by atoms with Crippen molar-refractivity contribution in [1.82, 2.24) is 13.7 Å². The zero-order chi connectivity index (χ0) is 54.8. The zero-order valence-corrected chi connectivity index (χ0v) is 44.2. The lowest BCUT2D eigenvalue weighted by molar-refractivity contribution is 0.103. The van der Waals surface area contributed by atoms with Gasteiger partial charge in [-0.1, -0.05) is 182 Å². The number of nitrogens with zero attached hydrogens (tertiary/aromatic N) is 4. The standard InChI is InChI=1S/C75H48N4O3/c80-73(52-22-16-28-58(46-52)77-67-37-7-1-31-61(67)62-32-2-8-38-68(62)77)49-19-13-25-55(43-49)76(56-26-14-20-50(44-56)74(81)53-23-17-29-59(47-53)78-69-39-9-3-33-63(69)64-34-4-10-40-70(64)78)57-27-15-21-51(45-57)75(82)54-24-18-30-60(48-54)79-71-41-11-5-35-65(71)66-36-6-12-42-72(66)79/h1-48H. The Morgan fingerprint density at radius 3 is 0.671 bits per heavy atom. The van der Waals surface area contributed by atoms with E-state index in [2.05, 4.69) is 123 Å². The molecule has 82 heavy (non-hydrogen) atoms. The van der Waals surface area contributed by atoms with Crippen LogP contribution in [0.15, 0.2) is 291 Å². The van der Waals surface area contributed by atoms with Gasteiger partial charge in [0.15, 0.2) is 17.3 Å². The number of hydrogen-bond donors (Lipinski definition) is 0. The van der Waals surface area contributed by atoms with E-state index in [9.17, 15) is 14.4 Å². The molecule has 0 saturated carbocycles. The van der Waals surface area contributed by atoms with E-state index >= 15 is 0 Å². The highest BCUT2D eigenvalue weighted by molar-refractivity contribution is 6.15. The number of rotatable bonds is 12. The van der Waals surface area contributed by atoms with Crippen molar-refractivity contribution in [1.29, 1.82) is 0 Å². The summed E-state index contributed by atoms with van der Waals surface area (Å²) in [5.41, 5.74) is 14.0. The fraction of sp³-hybridized carbons (Fsp3) is 0. The molecule has 15 aromatic rings. The van der Waals surface area contributed by atoms with E-state index in [1.807, 2.05) is 187 Å². The Kier molecular flexibility index (Phi) is 11.5. The van der Waals surface area contributed by atoms with Gasteiger partial charge in [-0.05, 0) is 109 Å². The first kappa shape index (κ1) is 48.0. The lowest BCUT2D eigenvalue weighted by Gasteiger charge is -2.27. The minimum absolute atomic E-state index is 0.150. The molecule has 0 radical (unpaired) electrons. The van der Waals surface area contributed by atoms with E-state index in [0.29, 0.717) is 50.4 Å². The number of carbonyl (C=O) groups is 3. The average Bonchev–Trinajstić information content (AvgIpc) is 4.41. The second-order valence-corrected chi connectivity index (χ2v) is 20.7. The molecule has 0 bridgehead atoms. The average molecular weight is 1050 g/mol. The minimum atomic E-state index is -0.150. The Morgan fingerprint density at radius 2 is 0.427 bits per heavy atom. The molecular formula is C75H48N4O3. The maximum Gasteiger partial charge on any atom is 0.193 e. The van der Waals surface area contributed by atoms with Gasteiger partial charge in [-0.15, -0.1) is 0 Å². The summed E-state index contributed by atoms with van der Waals surface area (Å²) in [6.45, 7) is 0. The first-order valence-corrected chi connectivity index (χ1v) is 27.4. The van der Waals surface area contributed by atoms with Gasteiger partial charge in [0.2, 0.25) is 0 Å². The molecule has 0 saturated heterocycles. The molecule has 0 amide bonds. The Bertz CT molecular complexity index is 4430. The van der Waals surface area contributed by atoms with Crippen molar-refractivity contribution in [3.63, 3.8) is 0 Å². The fourth-order valence-corrected chi connectivity index (χ4v) is 12.3. The van der Waals surface area contributed by atoms with Gasteiger partial charge in [-0.2, -0.15) is 0 Å². The number of anilines is 3. The second kappa shape index (κ2) is 19.6. The molecule has 386 valence electrons. The monoisotopic (exact) mass is 1050 g/mol. The lowest BCUT2D eigenvalue weighted by atomic mass is 9.99. The lowest BCUT2D eigenvalue weighted by Crippen LogP contribution is -2.13. The van der Waals surface area contributed by atoms with Crippen LogP contribution in [0.4, 0.5) is 17.1 Å². The number of para-hydroxylation sites is 6. The van der Waals surface area contributed by atoms with Gasteiger partial charge in [0.05, 0.1) is 33.1 Å². The van der Waals surface area contributed by atoms with Crippen LogP contribution >= 0.6 is 0 Å². The van der Waals surface area contributed by atoms with Crippen molar-refractivity contribution in [2.45, 2.75) is 0 Å². The first-order valence-electron chi connectivity index (χ1n) is 27.4. The summed E-state index contributed by atoms with van der Waals surface area (Å²) < 4.78 is 6.64. The van der Waals surface area contributed by atoms with Crippen LogP contribution < -0.4 is 4.90 Å². The number of aromatic nitrogens is 3. The molecule has 7 heteroatoms. The van der Waals surface area contributed by atoms with Crippen LogP contribution in [0, 0.1) is 0 Å². The molecule has 15 rings (SSSR count). The third-order valence-electron chi connectivity index (χ3n) is 15.9. The summed E-state index contributed by atoms with van der Waals surface area (Å²) in [6.07, 6.45) is 0. The Labute approximate surface area is 472 Å². The molecule has 0 aliphatic rings. The van der Waals surface area contributed by atoms with Crippen molar-refractivity contribution in [3.8, 4) is 17.1 Å². The normalized spacial score (nSPS) is 11.6. The number of hydrogen-bond acceptors (Lipinski definition) is 4. The highest BCUT2D eigenvalue weighted by Crippen LogP contribution is 2.39. The van der Waals surface area contributed by atoms with Crippen LogP contribution in [0.5, 0.6) is 0 Å². The SMILES string of the molecule is O=C(c1cccc(N(c2cccc(C(=O)c3cccc(-n4c5ccccc5c5ccccc54)c3)c2)c2cccc(C(=O)c3cccc(-n4c5ccccc5c5ccccc54)c3)c2)c1)c1cccc(-n2c3ccccc3c3ccccc32)c1. The van der Waals surface area contributed by atoms with Crippen LogP contribution in [-0.4, -0.2) is 31.1 Å². The molecule has 0 N–H and O–H groups in total. The highest BCUT2D eigenvalue weighted by Gasteiger charge is 2.23. The summed E-state index contributed by atoms with van der Waals surface area (Å²) >= 11 is 0. The van der Waals surface area contributed by atoms with E-state index in [-0.39, 0.29) is 17.3 Å². The predicted octanol–water partition coefficient (Wildman–Crippen LogP) is 18.1. The van der Waals surface area contributed by atoms with Crippen molar-refractivity contribution in [2.75, 3.05) is 4.90 Å². The molecule has 0 spiro atoms. The van der Waals surface area contributed by atoms with Gasteiger partial charge in [0.25, 0.3) is 0 Å². The summed E-state index contributed by atoms with van der Waals surface area (Å²) in [6, 6.07) is 96.1. The van der Waals surface area contributed by atoms with Crippen LogP contribution in [-0.2, 0) is 0 Å². The molecule has 3 aromatic heterocycles. The zero-order valence-electron chi connectivity index (χ0n) is 44.2. The third kappa shape index (κ3) is 8.02. The molecule has 7 nitrogen and oxygen atoms in total. The van der Waals surface area contributed by atoms with E-state index in [4.69, 9.17) is 0 Å². The molecule has 0 fully saturated rings. The van der Waals surface area contributed by atoms with Crippen LogP contribution in [0.25, 0.3) is 82.5 Å². The predicted molar refractivity (Wildman–Crippen MR) is 334 cm³/mol. The molecule has 0 aliphatic carbocycles. The highest BCUT2D eigenvalue weighted by atomic mass is 16.1. The Balaban J connectivity index is 0.823. The van der Waals surface area contributed by atoms with Crippen molar-refractivity contribution < 1.29 is 14.4 Å². The first-order chi connectivity index (χ1) is 40.4. The van der Waals surface area contributed by atoms with E-state index in [1.165, 1.54) is 0 Å². The topological polar surface area (TPSA) is 69.2 Å². The number of benzene rings is 12. The van der Waals surface area contributed by atoms with E-state index in [0.717, 1.165) is 82.5 Å². The molecular weight excluding hydrogens is 1000 g/mol. The maximum atomic E-state index is 14.9. The van der Waals surface area contributed by atoms with E-state index in [1.54, 1.807) is 0 Å². The van der Waals surface area contributed by atoms with Crippen LogP contribution in [0.2, 0.25) is 0 Å². The van der Waals surface area contributed by atoms with Crippen molar-refractivity contribution >= 4 is 99.8 Å². The summed E-state index contributed by atoms with van der Waals surface area (Å²) in [5.74, 6) is -0.449.